The Balaban J connectivity index is 1.45. The maximum Gasteiger partial charge on any atom is 0.256 e. The van der Waals surface area contributed by atoms with E-state index in [9.17, 15) is 9.59 Å². The first-order valence-electron chi connectivity index (χ1n) is 13.2. The number of allylic oxidation sites excluding steroid dienone is 1. The number of hydrogen-bond donors (Lipinski definition) is 3. The van der Waals surface area contributed by atoms with Crippen molar-refractivity contribution in [1.82, 2.24) is 15.2 Å². The van der Waals surface area contributed by atoms with E-state index in [0.717, 1.165) is 89.6 Å². The number of H-pyrrole nitrogens is 1. The van der Waals surface area contributed by atoms with Crippen LogP contribution >= 0.6 is 0 Å². The lowest BCUT2D eigenvalue weighted by molar-refractivity contribution is -0.110. The first-order valence-corrected chi connectivity index (χ1v) is 13.2. The van der Waals surface area contributed by atoms with Crippen LogP contribution in [0, 0.1) is 6.92 Å². The fourth-order valence-corrected chi connectivity index (χ4v) is 5.82. The summed E-state index contributed by atoms with van der Waals surface area (Å²) in [4.78, 5) is 34.4. The van der Waals surface area contributed by atoms with Gasteiger partial charge in [0.05, 0.1) is 24.4 Å². The van der Waals surface area contributed by atoms with Crippen molar-refractivity contribution >= 4 is 34.3 Å². The Labute approximate surface area is 213 Å². The predicted octanol–water partition coefficient (Wildman–Crippen LogP) is 3.43. The summed E-state index contributed by atoms with van der Waals surface area (Å²) in [5.74, 6) is -0.110. The molecule has 5 rings (SSSR count). The number of anilines is 2. The zero-order chi connectivity index (χ0) is 25.4. The normalized spacial score (nSPS) is 21.1. The second-order valence-corrected chi connectivity index (χ2v) is 9.92. The van der Waals surface area contributed by atoms with E-state index in [1.807, 2.05) is 13.0 Å². The number of amides is 2. The number of nitrogens with zero attached hydrogens (tertiary/aromatic N) is 2. The summed E-state index contributed by atoms with van der Waals surface area (Å²) in [5, 5.41) is 6.15. The number of ether oxygens (including phenoxy) is 1. The number of aryl methyl sites for hydroxylation is 1. The Morgan fingerprint density at radius 3 is 2.81 bits per heavy atom. The highest BCUT2D eigenvalue weighted by molar-refractivity contribution is 6.37. The van der Waals surface area contributed by atoms with E-state index in [2.05, 4.69) is 58.3 Å². The van der Waals surface area contributed by atoms with Gasteiger partial charge in [-0.1, -0.05) is 13.8 Å². The molecule has 1 atom stereocenters. The fourth-order valence-electron chi connectivity index (χ4n) is 5.82. The number of fused-ring (bicyclic) bond motifs is 2. The number of morpholine rings is 1. The molecule has 0 bridgehead atoms. The number of carbonyl (C=O) groups excluding carboxylic acids is 2. The molecule has 0 radical (unpaired) electrons. The smallest absolute Gasteiger partial charge is 0.256 e. The number of likely N-dealkylation sites (N-methyl/N-ethyl adjacent to an activating group) is 1. The highest BCUT2D eigenvalue weighted by Gasteiger charge is 2.35. The van der Waals surface area contributed by atoms with E-state index < -0.39 is 0 Å². The van der Waals surface area contributed by atoms with Gasteiger partial charge in [0.25, 0.3) is 11.8 Å². The van der Waals surface area contributed by atoms with E-state index in [1.165, 1.54) is 0 Å². The summed E-state index contributed by atoms with van der Waals surface area (Å²) in [6.45, 7) is 14.0. The second kappa shape index (κ2) is 10.1. The van der Waals surface area contributed by atoms with Gasteiger partial charge in [-0.15, -0.1) is 0 Å². The molecule has 1 fully saturated rings. The molecule has 1 aromatic heterocycles. The first kappa shape index (κ1) is 24.6. The molecular weight excluding hydrogens is 454 g/mol. The van der Waals surface area contributed by atoms with Crippen LogP contribution in [0.1, 0.15) is 60.1 Å². The number of carbonyl (C=O) groups is 2. The topological polar surface area (TPSA) is 89.7 Å². The first-order chi connectivity index (χ1) is 17.4. The molecule has 8 heteroatoms. The van der Waals surface area contributed by atoms with Crippen LogP contribution in [0.4, 0.5) is 11.4 Å². The van der Waals surface area contributed by atoms with Crippen molar-refractivity contribution in [2.45, 2.75) is 46.6 Å². The van der Waals surface area contributed by atoms with Crippen molar-refractivity contribution in [3.05, 3.63) is 46.3 Å². The molecule has 1 aliphatic carbocycles. The summed E-state index contributed by atoms with van der Waals surface area (Å²) in [6, 6.07) is 6.49. The molecule has 0 unspecified atom stereocenters. The lowest BCUT2D eigenvalue weighted by Crippen LogP contribution is -2.43. The molecule has 8 nitrogen and oxygen atoms in total. The minimum atomic E-state index is -0.0718. The van der Waals surface area contributed by atoms with Crippen molar-refractivity contribution < 1.29 is 14.3 Å². The maximum absolute atomic E-state index is 13.2. The molecule has 3 heterocycles. The third-order valence-corrected chi connectivity index (χ3v) is 7.80. The van der Waals surface area contributed by atoms with Crippen molar-refractivity contribution in [3.63, 3.8) is 0 Å². The number of aromatic amines is 1. The van der Waals surface area contributed by atoms with Gasteiger partial charge in [0.15, 0.2) is 0 Å². The molecule has 192 valence electrons. The van der Waals surface area contributed by atoms with Gasteiger partial charge in [0.2, 0.25) is 0 Å². The molecule has 1 saturated heterocycles. The molecule has 0 spiro atoms. The zero-order valence-corrected chi connectivity index (χ0v) is 21.8. The number of nitrogens with one attached hydrogen (secondary N) is 3. The summed E-state index contributed by atoms with van der Waals surface area (Å²) in [6.07, 6.45) is 1.49. The molecule has 2 amide bonds. The quantitative estimate of drug-likeness (QED) is 0.517. The fraction of sp³-hybridized carbons (Fsp3) is 0.500. The second-order valence-electron chi connectivity index (χ2n) is 9.92. The summed E-state index contributed by atoms with van der Waals surface area (Å²) < 4.78 is 5.61. The molecule has 36 heavy (non-hydrogen) atoms. The van der Waals surface area contributed by atoms with Crippen LogP contribution in [0.3, 0.4) is 0 Å². The Morgan fingerprint density at radius 2 is 2.06 bits per heavy atom. The summed E-state index contributed by atoms with van der Waals surface area (Å²) in [5.41, 5.74) is 8.16. The van der Waals surface area contributed by atoms with Crippen LogP contribution in [0.25, 0.3) is 11.1 Å². The van der Waals surface area contributed by atoms with Crippen LogP contribution in [-0.4, -0.2) is 73.7 Å². The number of rotatable bonds is 7. The van der Waals surface area contributed by atoms with Crippen molar-refractivity contribution in [1.29, 1.82) is 0 Å². The van der Waals surface area contributed by atoms with Crippen LogP contribution in [0.15, 0.2) is 18.2 Å². The van der Waals surface area contributed by atoms with Crippen LogP contribution in [-0.2, 0) is 16.0 Å². The lowest BCUT2D eigenvalue weighted by atomic mass is 9.98. The Hall–Kier alpha value is -3.10. The lowest BCUT2D eigenvalue weighted by Gasteiger charge is -2.35. The molecule has 2 aliphatic heterocycles. The molecule has 0 saturated carbocycles. The van der Waals surface area contributed by atoms with Gasteiger partial charge in [-0.2, -0.15) is 0 Å². The van der Waals surface area contributed by atoms with Crippen LogP contribution in [0.5, 0.6) is 0 Å². The van der Waals surface area contributed by atoms with Gasteiger partial charge in [0, 0.05) is 54.0 Å². The molecule has 1 aromatic carbocycles. The summed E-state index contributed by atoms with van der Waals surface area (Å²) in [7, 11) is 0. The Bertz CT molecular complexity index is 1210. The van der Waals surface area contributed by atoms with Crippen molar-refractivity contribution in [3.8, 4) is 0 Å². The van der Waals surface area contributed by atoms with Gasteiger partial charge in [-0.25, -0.2) is 0 Å². The monoisotopic (exact) mass is 491 g/mol. The molecular formula is C28H37N5O3. The molecule has 3 N–H and O–H groups in total. The average molecular weight is 492 g/mol. The van der Waals surface area contributed by atoms with Gasteiger partial charge < -0.3 is 30.2 Å². The van der Waals surface area contributed by atoms with E-state index in [1.54, 1.807) is 0 Å². The van der Waals surface area contributed by atoms with Crippen LogP contribution in [0.2, 0.25) is 0 Å². The van der Waals surface area contributed by atoms with E-state index in [0.29, 0.717) is 19.8 Å². The van der Waals surface area contributed by atoms with Crippen molar-refractivity contribution in [2.24, 2.45) is 0 Å². The van der Waals surface area contributed by atoms with Gasteiger partial charge in [-0.05, 0) is 69.1 Å². The Kier molecular flexibility index (Phi) is 6.90. The number of hydrogen-bond acceptors (Lipinski definition) is 5. The summed E-state index contributed by atoms with van der Waals surface area (Å²) >= 11 is 0. The zero-order valence-electron chi connectivity index (χ0n) is 21.8. The third kappa shape index (κ3) is 4.33. The minimum absolute atomic E-state index is 0.0386. The van der Waals surface area contributed by atoms with E-state index in [-0.39, 0.29) is 17.9 Å². The van der Waals surface area contributed by atoms with Gasteiger partial charge in [0.1, 0.15) is 0 Å². The standard InChI is InChI=1S/C28H37N5O3/c1-5-32(6-2)12-11-29-27(34)24-18(4)30-26-20(24)8-9-21(26)25-22-15-19(7-10-23(22)31-28(25)35)33-13-14-36-16-17(33)3/h7,10,15,17,30H,5-6,8-9,11-14,16H2,1-4H3,(H,29,34)(H,31,35)/t17-/m1/s1. The van der Waals surface area contributed by atoms with E-state index in [4.69, 9.17) is 4.74 Å². The maximum atomic E-state index is 13.2. The molecule has 2 aromatic rings. The molecule has 3 aliphatic rings. The predicted molar refractivity (Wildman–Crippen MR) is 143 cm³/mol. The van der Waals surface area contributed by atoms with E-state index >= 15 is 0 Å². The number of benzene rings is 1. The number of aromatic nitrogens is 1. The minimum Gasteiger partial charge on any atom is -0.377 e. The average Bonchev–Trinajstić information content (AvgIpc) is 3.51. The highest BCUT2D eigenvalue weighted by atomic mass is 16.5. The van der Waals surface area contributed by atoms with Gasteiger partial charge >= 0.3 is 0 Å². The third-order valence-electron chi connectivity index (χ3n) is 7.80. The SMILES string of the molecule is CCN(CC)CCNC(=O)c1c(C)[nH]c2c1CCC2=C1C(=O)Nc2ccc(N3CCOC[C@H]3C)cc21. The van der Waals surface area contributed by atoms with Gasteiger partial charge in [-0.3, -0.25) is 9.59 Å². The van der Waals surface area contributed by atoms with Crippen LogP contribution < -0.4 is 15.5 Å². The largest absolute Gasteiger partial charge is 0.377 e. The van der Waals surface area contributed by atoms with Crippen molar-refractivity contribution in [2.75, 3.05) is 56.2 Å². The Morgan fingerprint density at radius 1 is 1.25 bits per heavy atom. The highest BCUT2D eigenvalue weighted by Crippen LogP contribution is 2.45.